The third kappa shape index (κ3) is 6.72. The van der Waals surface area contributed by atoms with Crippen LogP contribution in [0.4, 0.5) is 0 Å². The predicted octanol–water partition coefficient (Wildman–Crippen LogP) is 1.02. The van der Waals surface area contributed by atoms with Crippen molar-refractivity contribution in [1.29, 1.82) is 0 Å². The molecule has 0 unspecified atom stereocenters. The molecule has 0 bridgehead atoms. The van der Waals surface area contributed by atoms with Gasteiger partial charge in [0.1, 0.15) is 5.76 Å². The van der Waals surface area contributed by atoms with Crippen LogP contribution in [-0.2, 0) is 26.2 Å². The molecule has 1 heterocycles. The quantitative estimate of drug-likeness (QED) is 0.552. The first-order valence-corrected chi connectivity index (χ1v) is 9.67. The molecule has 144 valence electrons. The fraction of sp³-hybridized carbons (Fsp3) is 0.222. The van der Waals surface area contributed by atoms with Crippen molar-refractivity contribution in [2.75, 3.05) is 13.6 Å². The van der Waals surface area contributed by atoms with Gasteiger partial charge in [-0.1, -0.05) is 12.1 Å². The maximum absolute atomic E-state index is 11.9. The molecule has 0 spiro atoms. The van der Waals surface area contributed by atoms with Crippen LogP contribution in [-0.4, -0.2) is 33.8 Å². The lowest BCUT2D eigenvalue weighted by Crippen LogP contribution is -2.29. The molecule has 0 radical (unpaired) electrons. The maximum atomic E-state index is 11.9. The van der Waals surface area contributed by atoms with Gasteiger partial charge in [-0.25, -0.2) is 13.1 Å². The Bertz CT molecular complexity index is 905. The van der Waals surface area contributed by atoms with Gasteiger partial charge in [-0.05, 0) is 43.0 Å². The summed E-state index contributed by atoms with van der Waals surface area (Å²) in [5.41, 5.74) is 0.657. The molecule has 1 aromatic carbocycles. The third-order valence-electron chi connectivity index (χ3n) is 3.56. The van der Waals surface area contributed by atoms with E-state index >= 15 is 0 Å². The summed E-state index contributed by atoms with van der Waals surface area (Å²) >= 11 is 0. The number of rotatable bonds is 9. The van der Waals surface area contributed by atoms with Gasteiger partial charge in [-0.15, -0.1) is 0 Å². The topological polar surface area (TPSA) is 118 Å². The molecule has 3 N–H and O–H groups in total. The highest BCUT2D eigenvalue weighted by molar-refractivity contribution is 7.89. The van der Waals surface area contributed by atoms with Crippen LogP contribution >= 0.6 is 0 Å². The molecule has 0 saturated carbocycles. The Labute approximate surface area is 157 Å². The first-order chi connectivity index (χ1) is 12.9. The number of hydrogen-bond donors (Lipinski definition) is 3. The van der Waals surface area contributed by atoms with Gasteiger partial charge >= 0.3 is 0 Å². The van der Waals surface area contributed by atoms with E-state index < -0.39 is 10.0 Å². The molecule has 0 aliphatic carbocycles. The Hall–Kier alpha value is -2.91. The van der Waals surface area contributed by atoms with E-state index in [1.165, 1.54) is 37.6 Å². The molecule has 0 saturated heterocycles. The average molecular weight is 391 g/mol. The molecule has 27 heavy (non-hydrogen) atoms. The number of furan rings is 1. The van der Waals surface area contributed by atoms with E-state index in [1.54, 1.807) is 24.3 Å². The average Bonchev–Trinajstić information content (AvgIpc) is 3.18. The van der Waals surface area contributed by atoms with Crippen molar-refractivity contribution < 1.29 is 22.4 Å². The highest BCUT2D eigenvalue weighted by Gasteiger charge is 2.11. The lowest BCUT2D eigenvalue weighted by Gasteiger charge is -2.08. The van der Waals surface area contributed by atoms with Crippen molar-refractivity contribution in [2.45, 2.75) is 17.9 Å². The first-order valence-electron chi connectivity index (χ1n) is 8.19. The van der Waals surface area contributed by atoms with Crippen LogP contribution in [0.25, 0.3) is 6.08 Å². The summed E-state index contributed by atoms with van der Waals surface area (Å²) in [5.74, 6) is -0.0261. The summed E-state index contributed by atoms with van der Waals surface area (Å²) in [6.07, 6.45) is 4.46. The fourth-order valence-corrected chi connectivity index (χ4v) is 2.93. The van der Waals surface area contributed by atoms with E-state index in [1.807, 2.05) is 0 Å². The normalized spacial score (nSPS) is 11.4. The lowest BCUT2D eigenvalue weighted by atomic mass is 10.2. The van der Waals surface area contributed by atoms with Gasteiger partial charge in [0.25, 0.3) is 0 Å². The van der Waals surface area contributed by atoms with Crippen LogP contribution in [0, 0.1) is 0 Å². The highest BCUT2D eigenvalue weighted by atomic mass is 32.2. The molecule has 0 atom stereocenters. The zero-order chi connectivity index (χ0) is 19.7. The second-order valence-electron chi connectivity index (χ2n) is 5.52. The van der Waals surface area contributed by atoms with Gasteiger partial charge in [-0.2, -0.15) is 0 Å². The summed E-state index contributed by atoms with van der Waals surface area (Å²) in [6.45, 7) is 0.375. The van der Waals surface area contributed by atoms with Crippen molar-refractivity contribution in [3.05, 3.63) is 60.1 Å². The van der Waals surface area contributed by atoms with Crippen LogP contribution in [0.2, 0.25) is 0 Å². The highest BCUT2D eigenvalue weighted by Crippen LogP contribution is 2.11. The summed E-state index contributed by atoms with van der Waals surface area (Å²) in [5, 5.41) is 5.28. The van der Waals surface area contributed by atoms with Gasteiger partial charge in [0.05, 0.1) is 11.2 Å². The van der Waals surface area contributed by atoms with E-state index in [4.69, 9.17) is 4.42 Å². The lowest BCUT2D eigenvalue weighted by molar-refractivity contribution is -0.121. The minimum Gasteiger partial charge on any atom is -0.465 e. The Kier molecular flexibility index (Phi) is 7.33. The minimum absolute atomic E-state index is 0.106. The Morgan fingerprint density at radius 1 is 1.15 bits per heavy atom. The second kappa shape index (κ2) is 9.70. The number of nitrogens with one attached hydrogen (secondary N) is 3. The summed E-state index contributed by atoms with van der Waals surface area (Å²) in [6, 6.07) is 9.73. The molecule has 9 heteroatoms. The zero-order valence-electron chi connectivity index (χ0n) is 14.8. The number of amides is 2. The Morgan fingerprint density at radius 2 is 1.96 bits per heavy atom. The molecule has 2 aromatic rings. The number of hydrogen-bond acceptors (Lipinski definition) is 5. The number of benzene rings is 1. The van der Waals surface area contributed by atoms with Gasteiger partial charge in [0, 0.05) is 25.6 Å². The number of sulfonamides is 1. The van der Waals surface area contributed by atoms with Crippen LogP contribution in [0.3, 0.4) is 0 Å². The van der Waals surface area contributed by atoms with Crippen LogP contribution in [0.1, 0.15) is 17.7 Å². The molecule has 0 aliphatic rings. The van der Waals surface area contributed by atoms with Crippen molar-refractivity contribution in [2.24, 2.45) is 0 Å². The predicted molar refractivity (Wildman–Crippen MR) is 99.9 cm³/mol. The van der Waals surface area contributed by atoms with Gasteiger partial charge in [-0.3, -0.25) is 9.59 Å². The summed E-state index contributed by atoms with van der Waals surface area (Å²) in [7, 11) is -2.19. The Balaban J connectivity index is 1.73. The van der Waals surface area contributed by atoms with E-state index in [0.29, 0.717) is 11.3 Å². The molecule has 1 aromatic heterocycles. The molecular weight excluding hydrogens is 370 g/mol. The fourth-order valence-electron chi connectivity index (χ4n) is 2.13. The molecule has 2 rings (SSSR count). The number of carbonyl (C=O) groups is 2. The van der Waals surface area contributed by atoms with Crippen LogP contribution in [0.5, 0.6) is 0 Å². The van der Waals surface area contributed by atoms with Crippen molar-refractivity contribution in [3.63, 3.8) is 0 Å². The summed E-state index contributed by atoms with van der Waals surface area (Å²) < 4.78 is 30.9. The molecule has 2 amide bonds. The van der Waals surface area contributed by atoms with Gasteiger partial charge in [0.15, 0.2) is 0 Å². The zero-order valence-corrected chi connectivity index (χ0v) is 15.6. The van der Waals surface area contributed by atoms with Crippen LogP contribution in [0.15, 0.2) is 58.1 Å². The van der Waals surface area contributed by atoms with Crippen molar-refractivity contribution in [3.8, 4) is 0 Å². The van der Waals surface area contributed by atoms with Crippen molar-refractivity contribution in [1.82, 2.24) is 15.4 Å². The largest absolute Gasteiger partial charge is 0.465 e. The SMILES string of the molecule is CNS(=O)(=O)c1cccc(CNC(=O)CCNC(=O)/C=C/c2ccco2)c1. The summed E-state index contributed by atoms with van der Waals surface area (Å²) in [4.78, 5) is 23.6. The standard InChI is InChI=1S/C18H21N3O5S/c1-19-27(24,25)16-6-2-4-14(12-16)13-21-18(23)9-10-20-17(22)8-7-15-5-3-11-26-15/h2-8,11-12,19H,9-10,13H2,1H3,(H,20,22)(H,21,23)/b8-7+. The smallest absolute Gasteiger partial charge is 0.244 e. The van der Waals surface area contributed by atoms with E-state index in [9.17, 15) is 18.0 Å². The van der Waals surface area contributed by atoms with Crippen LogP contribution < -0.4 is 15.4 Å². The molecule has 0 aliphatic heterocycles. The van der Waals surface area contributed by atoms with Crippen molar-refractivity contribution >= 4 is 27.9 Å². The van der Waals surface area contributed by atoms with Gasteiger partial charge < -0.3 is 15.1 Å². The number of carbonyl (C=O) groups excluding carboxylic acids is 2. The first kappa shape index (κ1) is 20.4. The third-order valence-corrected chi connectivity index (χ3v) is 4.97. The van der Waals surface area contributed by atoms with E-state index in [0.717, 1.165) is 0 Å². The molecule has 0 fully saturated rings. The van der Waals surface area contributed by atoms with E-state index in [2.05, 4.69) is 15.4 Å². The van der Waals surface area contributed by atoms with E-state index in [-0.39, 0.29) is 36.2 Å². The Morgan fingerprint density at radius 3 is 2.67 bits per heavy atom. The molecular formula is C18H21N3O5S. The van der Waals surface area contributed by atoms with Gasteiger partial charge in [0.2, 0.25) is 21.8 Å². The monoisotopic (exact) mass is 391 g/mol. The maximum Gasteiger partial charge on any atom is 0.244 e. The minimum atomic E-state index is -3.53. The molecule has 8 nitrogen and oxygen atoms in total. The second-order valence-corrected chi connectivity index (χ2v) is 7.41.